The highest BCUT2D eigenvalue weighted by molar-refractivity contribution is 7.15. The fourth-order valence-corrected chi connectivity index (χ4v) is 4.08. The molecule has 0 aliphatic rings. The molecule has 0 atom stereocenters. The molecule has 10 nitrogen and oxygen atoms in total. The topological polar surface area (TPSA) is 131 Å². The average molecular weight is 447 g/mol. The Labute approximate surface area is 184 Å². The molecule has 5 rings (SSSR count). The fraction of sp³-hybridized carbons (Fsp3) is 0.143. The Kier molecular flexibility index (Phi) is 4.67. The van der Waals surface area contributed by atoms with E-state index in [1.165, 1.54) is 32.6 Å². The van der Waals surface area contributed by atoms with Crippen LogP contribution in [-0.4, -0.2) is 30.1 Å². The van der Waals surface area contributed by atoms with Gasteiger partial charge in [0.05, 0.1) is 23.8 Å². The van der Waals surface area contributed by atoms with E-state index in [1.54, 1.807) is 31.3 Å². The van der Waals surface area contributed by atoms with E-state index < -0.39 is 5.91 Å². The zero-order chi connectivity index (χ0) is 22.4. The zero-order valence-corrected chi connectivity index (χ0v) is 17.9. The number of nitrogens with one attached hydrogen (secondary N) is 2. The Bertz CT molecular complexity index is 1610. The summed E-state index contributed by atoms with van der Waals surface area (Å²) in [6, 6.07) is 8.52. The van der Waals surface area contributed by atoms with Crippen LogP contribution in [-0.2, 0) is 6.54 Å². The van der Waals surface area contributed by atoms with Gasteiger partial charge in [0.2, 0.25) is 5.13 Å². The van der Waals surface area contributed by atoms with Gasteiger partial charge in [0, 0.05) is 6.20 Å². The number of pyridine rings is 2. The minimum absolute atomic E-state index is 0.0170. The van der Waals surface area contributed by atoms with E-state index in [0.717, 1.165) is 5.56 Å². The summed E-state index contributed by atoms with van der Waals surface area (Å²) in [5, 5.41) is 20.4. The molecule has 160 valence electrons. The van der Waals surface area contributed by atoms with Gasteiger partial charge in [0.1, 0.15) is 27.5 Å². The van der Waals surface area contributed by atoms with Crippen molar-refractivity contribution in [2.75, 3.05) is 5.32 Å². The summed E-state index contributed by atoms with van der Waals surface area (Å²) in [6.07, 6.45) is 3.16. The average Bonchev–Trinajstić information content (AvgIpc) is 3.42. The summed E-state index contributed by atoms with van der Waals surface area (Å²) in [5.74, 6) is 0.00359. The first kappa shape index (κ1) is 19.8. The highest BCUT2D eigenvalue weighted by atomic mass is 32.1. The molecule has 0 saturated carbocycles. The lowest BCUT2D eigenvalue weighted by molar-refractivity contribution is 0.102. The first-order valence-corrected chi connectivity index (χ1v) is 10.5. The summed E-state index contributed by atoms with van der Waals surface area (Å²) in [4.78, 5) is 31.0. The molecule has 32 heavy (non-hydrogen) atoms. The van der Waals surface area contributed by atoms with Gasteiger partial charge in [-0.05, 0) is 43.7 Å². The molecular weight excluding hydrogens is 430 g/mol. The Morgan fingerprint density at radius 2 is 2.06 bits per heavy atom. The van der Waals surface area contributed by atoms with Crippen LogP contribution in [0.2, 0.25) is 0 Å². The van der Waals surface area contributed by atoms with E-state index in [0.29, 0.717) is 27.2 Å². The third kappa shape index (κ3) is 3.28. The third-order valence-electron chi connectivity index (χ3n) is 5.02. The largest absolute Gasteiger partial charge is 0.467 e. The summed E-state index contributed by atoms with van der Waals surface area (Å²) in [6.45, 7) is 3.77. The van der Waals surface area contributed by atoms with Crippen molar-refractivity contribution >= 4 is 39.1 Å². The number of furan rings is 1. The smallest absolute Gasteiger partial charge is 0.267 e. The second-order valence-corrected chi connectivity index (χ2v) is 8.37. The zero-order valence-electron chi connectivity index (χ0n) is 17.1. The molecule has 0 spiro atoms. The van der Waals surface area contributed by atoms with E-state index in [-0.39, 0.29) is 28.5 Å². The summed E-state index contributed by atoms with van der Waals surface area (Å²) in [7, 11) is 0. The van der Waals surface area contributed by atoms with Crippen LogP contribution in [0.25, 0.3) is 16.7 Å². The molecule has 2 N–H and O–H groups in total. The SMILES string of the molecule is Cc1nnc(NC(=O)c2cc3c(=O)n4cccc(C)c4nc3n(Cc3ccco3)c2=N)s1. The van der Waals surface area contributed by atoms with Crippen LogP contribution in [0.1, 0.15) is 26.7 Å². The molecule has 0 aliphatic carbocycles. The van der Waals surface area contributed by atoms with Crippen LogP contribution in [0.3, 0.4) is 0 Å². The highest BCUT2D eigenvalue weighted by Crippen LogP contribution is 2.17. The monoisotopic (exact) mass is 447 g/mol. The van der Waals surface area contributed by atoms with Crippen molar-refractivity contribution in [3.63, 3.8) is 0 Å². The number of amides is 1. The Balaban J connectivity index is 1.78. The number of hydrogen-bond acceptors (Lipinski definition) is 8. The van der Waals surface area contributed by atoms with Crippen LogP contribution in [0.15, 0.2) is 52.0 Å². The van der Waals surface area contributed by atoms with Gasteiger partial charge in [0.15, 0.2) is 0 Å². The van der Waals surface area contributed by atoms with Crippen LogP contribution in [0.5, 0.6) is 0 Å². The van der Waals surface area contributed by atoms with E-state index in [2.05, 4.69) is 20.5 Å². The van der Waals surface area contributed by atoms with Crippen molar-refractivity contribution < 1.29 is 9.21 Å². The maximum absolute atomic E-state index is 13.3. The lowest BCUT2D eigenvalue weighted by Crippen LogP contribution is -2.32. The van der Waals surface area contributed by atoms with Crippen molar-refractivity contribution in [1.29, 1.82) is 5.41 Å². The van der Waals surface area contributed by atoms with E-state index in [4.69, 9.17) is 9.83 Å². The first-order chi connectivity index (χ1) is 15.4. The molecule has 0 aromatic carbocycles. The number of aromatic nitrogens is 5. The molecular formula is C21H17N7O3S. The van der Waals surface area contributed by atoms with Gasteiger partial charge in [0.25, 0.3) is 11.5 Å². The highest BCUT2D eigenvalue weighted by Gasteiger charge is 2.19. The normalized spacial score (nSPS) is 11.3. The van der Waals surface area contributed by atoms with Gasteiger partial charge in [-0.2, -0.15) is 0 Å². The number of hydrogen-bond donors (Lipinski definition) is 2. The molecule has 5 aromatic rings. The van der Waals surface area contributed by atoms with Gasteiger partial charge in [-0.3, -0.25) is 24.7 Å². The molecule has 0 saturated heterocycles. The predicted octanol–water partition coefficient (Wildman–Crippen LogP) is 2.49. The Morgan fingerprint density at radius 1 is 1.22 bits per heavy atom. The Morgan fingerprint density at radius 3 is 2.78 bits per heavy atom. The fourth-order valence-electron chi connectivity index (χ4n) is 3.49. The van der Waals surface area contributed by atoms with Crippen LogP contribution >= 0.6 is 11.3 Å². The molecule has 1 amide bonds. The van der Waals surface area contributed by atoms with Crippen LogP contribution in [0.4, 0.5) is 5.13 Å². The minimum atomic E-state index is -0.560. The van der Waals surface area contributed by atoms with Crippen molar-refractivity contribution in [2.24, 2.45) is 0 Å². The maximum atomic E-state index is 13.3. The number of fused-ring (bicyclic) bond motifs is 2. The van der Waals surface area contributed by atoms with Crippen LogP contribution < -0.4 is 16.4 Å². The third-order valence-corrected chi connectivity index (χ3v) is 5.77. The summed E-state index contributed by atoms with van der Waals surface area (Å²) < 4.78 is 8.39. The first-order valence-electron chi connectivity index (χ1n) is 9.66. The van der Waals surface area contributed by atoms with E-state index >= 15 is 0 Å². The number of carbonyl (C=O) groups excluding carboxylic acids is 1. The van der Waals surface area contributed by atoms with Gasteiger partial charge in [-0.15, -0.1) is 10.2 Å². The molecule has 0 fully saturated rings. The van der Waals surface area contributed by atoms with Crippen LogP contribution in [0, 0.1) is 19.3 Å². The van der Waals surface area contributed by atoms with Crippen molar-refractivity contribution in [1.82, 2.24) is 24.1 Å². The number of aryl methyl sites for hydroxylation is 2. The van der Waals surface area contributed by atoms with Gasteiger partial charge < -0.3 is 8.98 Å². The standard InChI is InChI=1S/C21H17N7O3S/c1-11-5-3-7-27-17(11)23-18-15(20(27)30)9-14(19(29)24-21-26-25-12(2)32-21)16(22)28(18)10-13-6-4-8-31-13/h3-9,22H,10H2,1-2H3,(H,24,26,29). The quantitative estimate of drug-likeness (QED) is 0.407. The van der Waals surface area contributed by atoms with Crippen molar-refractivity contribution in [3.8, 4) is 0 Å². The predicted molar refractivity (Wildman–Crippen MR) is 118 cm³/mol. The summed E-state index contributed by atoms with van der Waals surface area (Å²) >= 11 is 1.22. The number of anilines is 1. The lowest BCUT2D eigenvalue weighted by atomic mass is 10.2. The Hall–Kier alpha value is -4.12. The van der Waals surface area contributed by atoms with Crippen molar-refractivity contribution in [3.05, 3.63) is 80.5 Å². The van der Waals surface area contributed by atoms with Crippen molar-refractivity contribution in [2.45, 2.75) is 20.4 Å². The molecule has 5 heterocycles. The molecule has 5 aromatic heterocycles. The molecule has 0 aliphatic heterocycles. The number of rotatable bonds is 4. The second-order valence-electron chi connectivity index (χ2n) is 7.19. The van der Waals surface area contributed by atoms with Gasteiger partial charge in [-0.25, -0.2) is 4.98 Å². The molecule has 0 bridgehead atoms. The van der Waals surface area contributed by atoms with E-state index in [1.807, 2.05) is 13.0 Å². The molecule has 11 heteroatoms. The number of nitrogens with zero attached hydrogens (tertiary/aromatic N) is 5. The summed E-state index contributed by atoms with van der Waals surface area (Å²) in [5.41, 5.74) is 1.19. The minimum Gasteiger partial charge on any atom is -0.467 e. The lowest BCUT2D eigenvalue weighted by Gasteiger charge is -2.14. The number of carbonyl (C=O) groups is 1. The maximum Gasteiger partial charge on any atom is 0.267 e. The molecule has 0 unspecified atom stereocenters. The van der Waals surface area contributed by atoms with E-state index in [9.17, 15) is 9.59 Å². The second kappa shape index (κ2) is 7.54. The van der Waals surface area contributed by atoms with Gasteiger partial charge in [-0.1, -0.05) is 17.4 Å². The molecule has 0 radical (unpaired) electrons. The van der Waals surface area contributed by atoms with Gasteiger partial charge >= 0.3 is 0 Å².